The monoisotopic (exact) mass is 298 g/mol. The zero-order valence-electron chi connectivity index (χ0n) is 10.3. The molecule has 0 aliphatic heterocycles. The number of hydrogen-bond acceptors (Lipinski definition) is 6. The van der Waals surface area contributed by atoms with Crippen LogP contribution in [0.25, 0.3) is 0 Å². The summed E-state index contributed by atoms with van der Waals surface area (Å²) in [5.41, 5.74) is 1.66. The molecule has 2 heterocycles. The molecule has 0 saturated carbocycles. The topological polar surface area (TPSA) is 84.0 Å². The van der Waals surface area contributed by atoms with Crippen LogP contribution in [0.2, 0.25) is 0 Å². The van der Waals surface area contributed by atoms with Crippen LogP contribution < -0.4 is 10.0 Å². The Kier molecular flexibility index (Phi) is 4.46. The number of thiazole rings is 1. The normalized spacial score (nSPS) is 11.4. The highest BCUT2D eigenvalue weighted by Crippen LogP contribution is 2.12. The van der Waals surface area contributed by atoms with E-state index in [4.69, 9.17) is 0 Å². The molecule has 2 aromatic rings. The third-order valence-electron chi connectivity index (χ3n) is 2.32. The molecule has 0 spiro atoms. The summed E-state index contributed by atoms with van der Waals surface area (Å²) in [4.78, 5) is 8.94. The average Bonchev–Trinajstić information content (AvgIpc) is 2.91. The van der Waals surface area contributed by atoms with Gasteiger partial charge in [-0.3, -0.25) is 4.98 Å². The first-order valence-electron chi connectivity index (χ1n) is 5.69. The molecule has 0 unspecified atom stereocenters. The van der Waals surface area contributed by atoms with Crippen LogP contribution in [0.1, 0.15) is 11.8 Å². The van der Waals surface area contributed by atoms with E-state index in [2.05, 4.69) is 20.0 Å². The van der Waals surface area contributed by atoms with Crippen molar-refractivity contribution in [3.05, 3.63) is 34.9 Å². The molecule has 0 atom stereocenters. The van der Waals surface area contributed by atoms with Crippen molar-refractivity contribution in [2.24, 2.45) is 0 Å². The summed E-state index contributed by atoms with van der Waals surface area (Å²) in [6, 6.07) is 3.17. The Bertz CT molecular complexity index is 609. The van der Waals surface area contributed by atoms with Gasteiger partial charge in [-0.2, -0.15) is 0 Å². The SMILES string of the molecule is CCNc1ccc(S(=O)(=O)NCc2cncs2)cn1. The van der Waals surface area contributed by atoms with E-state index in [1.54, 1.807) is 17.8 Å². The summed E-state index contributed by atoms with van der Waals surface area (Å²) in [5.74, 6) is 0.656. The molecule has 0 aliphatic carbocycles. The molecule has 19 heavy (non-hydrogen) atoms. The van der Waals surface area contributed by atoms with Gasteiger partial charge >= 0.3 is 0 Å². The van der Waals surface area contributed by atoms with Crippen molar-refractivity contribution in [1.29, 1.82) is 0 Å². The van der Waals surface area contributed by atoms with E-state index in [9.17, 15) is 8.42 Å². The van der Waals surface area contributed by atoms with Crippen LogP contribution in [0.3, 0.4) is 0 Å². The van der Waals surface area contributed by atoms with Crippen molar-refractivity contribution in [3.8, 4) is 0 Å². The molecular formula is C11H14N4O2S2. The largest absolute Gasteiger partial charge is 0.370 e. The first-order valence-corrected chi connectivity index (χ1v) is 8.05. The lowest BCUT2D eigenvalue weighted by atomic mass is 10.4. The molecule has 0 radical (unpaired) electrons. The van der Waals surface area contributed by atoms with Crippen LogP contribution in [0.4, 0.5) is 5.82 Å². The number of aromatic nitrogens is 2. The molecular weight excluding hydrogens is 284 g/mol. The van der Waals surface area contributed by atoms with Gasteiger partial charge in [-0.15, -0.1) is 11.3 Å². The Morgan fingerprint density at radius 3 is 2.74 bits per heavy atom. The fourth-order valence-electron chi connectivity index (χ4n) is 1.40. The molecule has 8 heteroatoms. The van der Waals surface area contributed by atoms with Gasteiger partial charge in [0.15, 0.2) is 0 Å². The van der Waals surface area contributed by atoms with Crippen molar-refractivity contribution in [2.75, 3.05) is 11.9 Å². The molecule has 0 aliphatic rings. The second-order valence-corrected chi connectivity index (χ2v) is 6.44. The zero-order chi connectivity index (χ0) is 13.7. The Hall–Kier alpha value is -1.51. The van der Waals surface area contributed by atoms with Crippen LogP contribution in [-0.2, 0) is 16.6 Å². The van der Waals surface area contributed by atoms with E-state index in [1.807, 2.05) is 6.92 Å². The van der Waals surface area contributed by atoms with E-state index in [0.29, 0.717) is 5.82 Å². The van der Waals surface area contributed by atoms with Gasteiger partial charge < -0.3 is 5.32 Å². The second-order valence-electron chi connectivity index (χ2n) is 3.70. The second kappa shape index (κ2) is 6.09. The Balaban J connectivity index is 2.06. The van der Waals surface area contributed by atoms with Crippen molar-refractivity contribution >= 4 is 27.2 Å². The molecule has 2 rings (SSSR count). The lowest BCUT2D eigenvalue weighted by Gasteiger charge is -2.06. The smallest absolute Gasteiger partial charge is 0.242 e. The van der Waals surface area contributed by atoms with Gasteiger partial charge in [0, 0.05) is 30.4 Å². The minimum absolute atomic E-state index is 0.152. The van der Waals surface area contributed by atoms with Crippen LogP contribution in [0.5, 0.6) is 0 Å². The molecule has 2 N–H and O–H groups in total. The van der Waals surface area contributed by atoms with E-state index in [0.717, 1.165) is 11.4 Å². The fraction of sp³-hybridized carbons (Fsp3) is 0.273. The van der Waals surface area contributed by atoms with Crippen LogP contribution in [0.15, 0.2) is 34.9 Å². The highest BCUT2D eigenvalue weighted by molar-refractivity contribution is 7.89. The van der Waals surface area contributed by atoms with Crippen molar-refractivity contribution < 1.29 is 8.42 Å². The van der Waals surface area contributed by atoms with Crippen molar-refractivity contribution in [2.45, 2.75) is 18.4 Å². The van der Waals surface area contributed by atoms with Gasteiger partial charge in [0.1, 0.15) is 10.7 Å². The average molecular weight is 298 g/mol. The number of nitrogens with zero attached hydrogens (tertiary/aromatic N) is 2. The maximum atomic E-state index is 12.0. The summed E-state index contributed by atoms with van der Waals surface area (Å²) in [5, 5.41) is 3.01. The quantitative estimate of drug-likeness (QED) is 0.843. The predicted molar refractivity (Wildman–Crippen MR) is 74.5 cm³/mol. The number of rotatable bonds is 6. The molecule has 0 saturated heterocycles. The summed E-state index contributed by atoms with van der Waals surface area (Å²) in [7, 11) is -3.53. The van der Waals surface area contributed by atoms with Crippen molar-refractivity contribution in [3.63, 3.8) is 0 Å². The highest BCUT2D eigenvalue weighted by atomic mass is 32.2. The van der Waals surface area contributed by atoms with Gasteiger partial charge in [-0.1, -0.05) is 0 Å². The molecule has 0 bridgehead atoms. The Morgan fingerprint density at radius 1 is 1.32 bits per heavy atom. The minimum Gasteiger partial charge on any atom is -0.370 e. The highest BCUT2D eigenvalue weighted by Gasteiger charge is 2.14. The van der Waals surface area contributed by atoms with Gasteiger partial charge in [0.25, 0.3) is 0 Å². The van der Waals surface area contributed by atoms with Crippen LogP contribution in [-0.4, -0.2) is 24.9 Å². The summed E-state index contributed by atoms with van der Waals surface area (Å²) in [6.07, 6.45) is 2.98. The number of pyridine rings is 1. The van der Waals surface area contributed by atoms with Crippen LogP contribution in [0, 0.1) is 0 Å². The predicted octanol–water partition coefficient (Wildman–Crippen LogP) is 1.45. The van der Waals surface area contributed by atoms with E-state index in [-0.39, 0.29) is 11.4 Å². The molecule has 0 fully saturated rings. The third kappa shape index (κ3) is 3.72. The van der Waals surface area contributed by atoms with Crippen molar-refractivity contribution in [1.82, 2.24) is 14.7 Å². The first kappa shape index (κ1) is 13.9. The molecule has 2 aromatic heterocycles. The number of nitrogens with one attached hydrogen (secondary N) is 2. The molecule has 0 amide bonds. The van der Waals surface area contributed by atoms with E-state index in [1.165, 1.54) is 23.6 Å². The lowest BCUT2D eigenvalue weighted by molar-refractivity contribution is 0.581. The number of hydrogen-bond donors (Lipinski definition) is 2. The first-order chi connectivity index (χ1) is 9.12. The minimum atomic E-state index is -3.53. The maximum Gasteiger partial charge on any atom is 0.242 e. The van der Waals surface area contributed by atoms with Crippen LogP contribution >= 0.6 is 11.3 Å². The zero-order valence-corrected chi connectivity index (χ0v) is 12.0. The lowest BCUT2D eigenvalue weighted by Crippen LogP contribution is -2.23. The van der Waals surface area contributed by atoms with E-state index < -0.39 is 10.0 Å². The van der Waals surface area contributed by atoms with Gasteiger partial charge in [0.2, 0.25) is 10.0 Å². The molecule has 6 nitrogen and oxygen atoms in total. The Morgan fingerprint density at radius 2 is 2.16 bits per heavy atom. The third-order valence-corrected chi connectivity index (χ3v) is 4.49. The molecule has 102 valence electrons. The van der Waals surface area contributed by atoms with Gasteiger partial charge in [0.05, 0.1) is 5.51 Å². The number of anilines is 1. The maximum absolute atomic E-state index is 12.0. The Labute approximate surface area is 116 Å². The van der Waals surface area contributed by atoms with E-state index >= 15 is 0 Å². The summed E-state index contributed by atoms with van der Waals surface area (Å²) in [6.45, 7) is 2.92. The molecule has 0 aromatic carbocycles. The standard InChI is InChI=1S/C11H14N4O2S2/c1-2-13-11-4-3-10(7-14-11)19(16,17)15-6-9-5-12-8-18-9/h3-5,7-8,15H,2,6H2,1H3,(H,13,14). The number of sulfonamides is 1. The summed E-state index contributed by atoms with van der Waals surface area (Å²) >= 11 is 1.40. The van der Waals surface area contributed by atoms with Gasteiger partial charge in [-0.05, 0) is 19.1 Å². The summed E-state index contributed by atoms with van der Waals surface area (Å²) < 4.78 is 26.5. The fourth-order valence-corrected chi connectivity index (χ4v) is 2.98. The van der Waals surface area contributed by atoms with Gasteiger partial charge in [-0.25, -0.2) is 18.1 Å².